The Hall–Kier alpha value is 0.700. The van der Waals surface area contributed by atoms with E-state index >= 15 is 0 Å². The number of thioether (sulfide) groups is 2. The van der Waals surface area contributed by atoms with Crippen LogP contribution < -0.4 is 0 Å². The van der Waals surface area contributed by atoms with E-state index in [1.807, 2.05) is 0 Å². The summed E-state index contributed by atoms with van der Waals surface area (Å²) in [4.78, 5) is 0. The van der Waals surface area contributed by atoms with E-state index in [1.54, 1.807) is 0 Å². The zero-order chi connectivity index (χ0) is 17.6. The summed E-state index contributed by atoms with van der Waals surface area (Å²) >= 11 is 4.36. The highest BCUT2D eigenvalue weighted by Gasteiger charge is 1.95. The average molecular weight is 375 g/mol. The molecule has 0 aliphatic heterocycles. The van der Waals surface area contributed by atoms with E-state index in [0.717, 1.165) is 0 Å². The Morgan fingerprint density at radius 2 is 0.583 bits per heavy atom. The maximum atomic E-state index is 2.29. The minimum Gasteiger partial charge on any atom is -0.162 e. The average Bonchev–Trinajstić information content (AvgIpc) is 2.60. The van der Waals surface area contributed by atoms with Crippen molar-refractivity contribution in [1.82, 2.24) is 0 Å². The van der Waals surface area contributed by atoms with Gasteiger partial charge in [-0.2, -0.15) is 23.5 Å². The number of hydrogen-bond acceptors (Lipinski definition) is 2. The van der Waals surface area contributed by atoms with Crippen LogP contribution in [0.2, 0.25) is 0 Å². The third-order valence-electron chi connectivity index (χ3n) is 4.61. The third kappa shape index (κ3) is 22.7. The maximum Gasteiger partial charge on any atom is -0.00675 e. The first kappa shape index (κ1) is 24.7. The molecule has 0 aromatic heterocycles. The zero-order valence-electron chi connectivity index (χ0n) is 17.0. The molecule has 24 heavy (non-hydrogen) atoms. The normalized spacial score (nSPS) is 11.2. The van der Waals surface area contributed by atoms with Gasteiger partial charge in [0.1, 0.15) is 0 Å². The van der Waals surface area contributed by atoms with Crippen molar-refractivity contribution < 1.29 is 0 Å². The maximum absolute atomic E-state index is 2.29. The third-order valence-corrected chi connectivity index (χ3v) is 6.92. The van der Waals surface area contributed by atoms with E-state index in [4.69, 9.17) is 0 Å². The van der Waals surface area contributed by atoms with Gasteiger partial charge in [0.15, 0.2) is 0 Å². The van der Waals surface area contributed by atoms with Crippen molar-refractivity contribution in [2.45, 2.75) is 117 Å². The van der Waals surface area contributed by atoms with Gasteiger partial charge in [0.25, 0.3) is 0 Å². The molecule has 2 heteroatoms. The molecule has 146 valence electrons. The molecule has 0 aromatic carbocycles. The first-order chi connectivity index (χ1) is 11.9. The minimum absolute atomic E-state index is 1.36. The molecule has 0 aliphatic rings. The molecule has 0 aromatic rings. The highest BCUT2D eigenvalue weighted by molar-refractivity contribution is 7.99. The van der Waals surface area contributed by atoms with Crippen molar-refractivity contribution in [2.24, 2.45) is 0 Å². The van der Waals surface area contributed by atoms with E-state index in [0.29, 0.717) is 0 Å². The predicted octanol–water partition coefficient (Wildman–Crippen LogP) is 8.73. The van der Waals surface area contributed by atoms with Gasteiger partial charge in [0.05, 0.1) is 0 Å². The van der Waals surface area contributed by atoms with Gasteiger partial charge >= 0.3 is 0 Å². The van der Waals surface area contributed by atoms with Gasteiger partial charge in [-0.1, -0.05) is 90.9 Å². The van der Waals surface area contributed by atoms with Crippen LogP contribution in [-0.4, -0.2) is 23.0 Å². The summed E-state index contributed by atoms with van der Waals surface area (Å²) in [5, 5.41) is 0. The van der Waals surface area contributed by atoms with Crippen molar-refractivity contribution in [3.63, 3.8) is 0 Å². The van der Waals surface area contributed by atoms with Crippen LogP contribution in [0.15, 0.2) is 0 Å². The van der Waals surface area contributed by atoms with Gasteiger partial charge in [-0.05, 0) is 48.7 Å². The number of rotatable bonds is 21. The summed E-state index contributed by atoms with van der Waals surface area (Å²) in [6, 6.07) is 0. The molecule has 0 saturated heterocycles. The fraction of sp³-hybridized carbons (Fsp3) is 1.00. The molecule has 0 saturated carbocycles. The molecule has 0 atom stereocenters. The molecule has 0 heterocycles. The van der Waals surface area contributed by atoms with Crippen LogP contribution in [0.5, 0.6) is 0 Å². The molecule has 0 radical (unpaired) electrons. The van der Waals surface area contributed by atoms with Gasteiger partial charge in [-0.15, -0.1) is 0 Å². The Balaban J connectivity index is 2.93. The molecule has 0 aliphatic carbocycles. The van der Waals surface area contributed by atoms with Crippen molar-refractivity contribution in [3.8, 4) is 0 Å². The van der Waals surface area contributed by atoms with E-state index < -0.39 is 0 Å². The van der Waals surface area contributed by atoms with Gasteiger partial charge in [0.2, 0.25) is 0 Å². The molecule has 0 bridgehead atoms. The lowest BCUT2D eigenvalue weighted by atomic mass is 10.1. The van der Waals surface area contributed by atoms with Crippen LogP contribution in [0.4, 0.5) is 0 Å². The van der Waals surface area contributed by atoms with E-state index in [1.165, 1.54) is 126 Å². The van der Waals surface area contributed by atoms with Crippen molar-refractivity contribution in [1.29, 1.82) is 0 Å². The van der Waals surface area contributed by atoms with Gasteiger partial charge in [-0.25, -0.2) is 0 Å². The predicted molar refractivity (Wildman–Crippen MR) is 120 cm³/mol. The Morgan fingerprint density at radius 3 is 0.875 bits per heavy atom. The van der Waals surface area contributed by atoms with Gasteiger partial charge in [0, 0.05) is 0 Å². The Kier molecular flexibility index (Phi) is 24.4. The molecule has 0 N–H and O–H groups in total. The number of unbranched alkanes of at least 4 members (excludes halogenated alkanes) is 13. The summed E-state index contributed by atoms with van der Waals surface area (Å²) in [5.41, 5.74) is 0. The van der Waals surface area contributed by atoms with Gasteiger partial charge < -0.3 is 0 Å². The molecule has 0 fully saturated rings. The Bertz CT molecular complexity index is 184. The summed E-state index contributed by atoms with van der Waals surface area (Å²) in [5.74, 6) is 5.59. The Labute approximate surface area is 163 Å². The van der Waals surface area contributed by atoms with Crippen LogP contribution in [0.25, 0.3) is 0 Å². The van der Waals surface area contributed by atoms with E-state index in [9.17, 15) is 0 Å². The standard InChI is InChI=1S/C22H46S2/c1-3-5-15-19-23-21-17-13-11-9-7-8-10-12-14-18-22-24-20-16-6-4-2/h3-22H2,1-2H3. The first-order valence-corrected chi connectivity index (χ1v) is 13.4. The molecular weight excluding hydrogens is 328 g/mol. The van der Waals surface area contributed by atoms with Crippen molar-refractivity contribution in [2.75, 3.05) is 23.0 Å². The van der Waals surface area contributed by atoms with Crippen LogP contribution >= 0.6 is 23.5 Å². The molecular formula is C22H46S2. The molecule has 0 nitrogen and oxygen atoms in total. The Morgan fingerprint density at radius 1 is 0.333 bits per heavy atom. The summed E-state index contributed by atoms with van der Waals surface area (Å²) in [6.45, 7) is 4.58. The zero-order valence-corrected chi connectivity index (χ0v) is 18.6. The second-order valence-electron chi connectivity index (χ2n) is 7.17. The van der Waals surface area contributed by atoms with E-state index in [-0.39, 0.29) is 0 Å². The molecule has 0 amide bonds. The summed E-state index contributed by atoms with van der Waals surface area (Å²) in [7, 11) is 0. The van der Waals surface area contributed by atoms with Crippen LogP contribution in [-0.2, 0) is 0 Å². The second-order valence-corrected chi connectivity index (χ2v) is 9.62. The lowest BCUT2D eigenvalue weighted by molar-refractivity contribution is 0.564. The first-order valence-electron chi connectivity index (χ1n) is 11.1. The van der Waals surface area contributed by atoms with Gasteiger partial charge in [-0.3, -0.25) is 0 Å². The van der Waals surface area contributed by atoms with E-state index in [2.05, 4.69) is 37.4 Å². The molecule has 0 spiro atoms. The lowest BCUT2D eigenvalue weighted by Crippen LogP contribution is -1.87. The summed E-state index contributed by atoms with van der Waals surface area (Å²) in [6.07, 6.45) is 23.1. The smallest absolute Gasteiger partial charge is 0.00675 e. The molecule has 0 rings (SSSR count). The quantitative estimate of drug-likeness (QED) is 0.184. The fourth-order valence-corrected chi connectivity index (χ4v) is 4.98. The highest BCUT2D eigenvalue weighted by Crippen LogP contribution is 2.14. The lowest BCUT2D eigenvalue weighted by Gasteiger charge is -2.04. The van der Waals surface area contributed by atoms with Crippen LogP contribution in [0.3, 0.4) is 0 Å². The fourth-order valence-electron chi connectivity index (χ4n) is 2.93. The largest absolute Gasteiger partial charge is 0.162 e. The minimum atomic E-state index is 1.36. The topological polar surface area (TPSA) is 0 Å². The SMILES string of the molecule is CCCCCSCCCCCCCCCCCCSCCCCC. The van der Waals surface area contributed by atoms with Crippen LogP contribution in [0, 0.1) is 0 Å². The summed E-state index contributed by atoms with van der Waals surface area (Å²) < 4.78 is 0. The highest BCUT2D eigenvalue weighted by atomic mass is 32.2. The van der Waals surface area contributed by atoms with Crippen molar-refractivity contribution in [3.05, 3.63) is 0 Å². The second kappa shape index (κ2) is 23.7. The monoisotopic (exact) mass is 374 g/mol. The molecule has 0 unspecified atom stereocenters. The van der Waals surface area contributed by atoms with Crippen LogP contribution in [0.1, 0.15) is 117 Å². The number of hydrogen-bond donors (Lipinski definition) is 0. The van der Waals surface area contributed by atoms with Crippen molar-refractivity contribution >= 4 is 23.5 Å².